The van der Waals surface area contributed by atoms with Gasteiger partial charge in [-0.15, -0.1) is 0 Å². The number of hydrogen-bond acceptors (Lipinski definition) is 3. The molecule has 0 heterocycles. The first-order valence-electron chi connectivity index (χ1n) is 5.36. The van der Waals surface area contributed by atoms with E-state index in [9.17, 15) is 17.6 Å². The van der Waals surface area contributed by atoms with Crippen LogP contribution >= 0.6 is 0 Å². The number of anilines is 2. The highest BCUT2D eigenvalue weighted by Gasteiger charge is 2.27. The molecule has 0 bridgehead atoms. The zero-order valence-corrected chi connectivity index (χ0v) is 9.77. The Morgan fingerprint density at radius 2 is 2.00 bits per heavy atom. The Hall–Kier alpha value is -1.66. The summed E-state index contributed by atoms with van der Waals surface area (Å²) in [6.45, 7) is 0.869. The molecule has 0 atom stereocenters. The summed E-state index contributed by atoms with van der Waals surface area (Å²) < 4.78 is 54.6. The smallest absolute Gasteiger partial charge is 0.405 e. The van der Waals surface area contributed by atoms with Crippen molar-refractivity contribution in [1.29, 1.82) is 0 Å². The van der Waals surface area contributed by atoms with Crippen molar-refractivity contribution in [2.45, 2.75) is 19.5 Å². The van der Waals surface area contributed by atoms with E-state index in [4.69, 9.17) is 10.5 Å². The highest BCUT2D eigenvalue weighted by Crippen LogP contribution is 2.29. The van der Waals surface area contributed by atoms with E-state index in [0.29, 0.717) is 6.42 Å². The fourth-order valence-corrected chi connectivity index (χ4v) is 1.24. The Morgan fingerprint density at radius 3 is 2.56 bits per heavy atom. The molecule has 3 N–H and O–H groups in total. The third-order valence-electron chi connectivity index (χ3n) is 2.05. The summed E-state index contributed by atoms with van der Waals surface area (Å²) in [5, 5.41) is 2.10. The third kappa shape index (κ3) is 4.31. The molecule has 18 heavy (non-hydrogen) atoms. The maximum Gasteiger partial charge on any atom is 0.405 e. The molecule has 0 aliphatic rings. The summed E-state index contributed by atoms with van der Waals surface area (Å²) in [5.41, 5.74) is 5.33. The van der Waals surface area contributed by atoms with Crippen LogP contribution in [0.5, 0.6) is 5.75 Å². The van der Waals surface area contributed by atoms with Crippen molar-refractivity contribution in [3.05, 3.63) is 17.9 Å². The number of nitrogens with one attached hydrogen (secondary N) is 1. The molecule has 0 spiro atoms. The number of ether oxygens (including phenoxy) is 1. The normalized spacial score (nSPS) is 11.4. The fraction of sp³-hybridized carbons (Fsp3) is 0.455. The molecular formula is C11H14F4N2O. The molecule has 1 aromatic rings. The minimum atomic E-state index is -4.37. The number of halogens is 4. The molecule has 1 rings (SSSR count). The van der Waals surface area contributed by atoms with Crippen LogP contribution < -0.4 is 15.8 Å². The van der Waals surface area contributed by atoms with Crippen LogP contribution in [0.1, 0.15) is 13.3 Å². The van der Waals surface area contributed by atoms with Gasteiger partial charge in [0.15, 0.2) is 11.6 Å². The summed E-state index contributed by atoms with van der Waals surface area (Å²) >= 11 is 0. The van der Waals surface area contributed by atoms with E-state index in [1.807, 2.05) is 6.92 Å². The van der Waals surface area contributed by atoms with E-state index in [0.717, 1.165) is 12.1 Å². The van der Waals surface area contributed by atoms with Crippen molar-refractivity contribution < 1.29 is 22.3 Å². The van der Waals surface area contributed by atoms with Gasteiger partial charge in [-0.3, -0.25) is 0 Å². The summed E-state index contributed by atoms with van der Waals surface area (Å²) in [4.78, 5) is 0. The van der Waals surface area contributed by atoms with Gasteiger partial charge in [0.05, 0.1) is 18.0 Å². The number of nitrogens with two attached hydrogens (primary N) is 1. The Labute approximate surface area is 102 Å². The van der Waals surface area contributed by atoms with Crippen LogP contribution in [0.3, 0.4) is 0 Å². The lowest BCUT2D eigenvalue weighted by Gasteiger charge is -2.14. The largest absolute Gasteiger partial charge is 0.490 e. The standard InChI is InChI=1S/C11H14F4N2O/c1-2-3-18-10-5-9(8(16)4-7(10)12)17-6-11(13,14)15/h4-5,17H,2-3,6,16H2,1H3. The third-order valence-corrected chi connectivity index (χ3v) is 2.05. The van der Waals surface area contributed by atoms with Crippen LogP contribution in [-0.2, 0) is 0 Å². The lowest BCUT2D eigenvalue weighted by molar-refractivity contribution is -0.115. The Balaban J connectivity index is 2.84. The topological polar surface area (TPSA) is 47.3 Å². The Kier molecular flexibility index (Phi) is 4.63. The fourth-order valence-electron chi connectivity index (χ4n) is 1.24. The van der Waals surface area contributed by atoms with Crippen LogP contribution in [-0.4, -0.2) is 19.3 Å². The van der Waals surface area contributed by atoms with Gasteiger partial charge in [0.1, 0.15) is 6.54 Å². The molecule has 0 amide bonds. The predicted octanol–water partition coefficient (Wildman–Crippen LogP) is 3.17. The predicted molar refractivity (Wildman–Crippen MR) is 61.1 cm³/mol. The minimum Gasteiger partial charge on any atom is -0.490 e. The molecule has 0 fully saturated rings. The summed E-state index contributed by atoms with van der Waals surface area (Å²) in [6.07, 6.45) is -3.71. The van der Waals surface area contributed by atoms with E-state index < -0.39 is 18.5 Å². The molecule has 0 unspecified atom stereocenters. The molecule has 0 aromatic heterocycles. The number of alkyl halides is 3. The average molecular weight is 266 g/mol. The lowest BCUT2D eigenvalue weighted by atomic mass is 10.2. The van der Waals surface area contributed by atoms with Gasteiger partial charge in [0.2, 0.25) is 0 Å². The van der Waals surface area contributed by atoms with Crippen molar-refractivity contribution in [3.8, 4) is 5.75 Å². The van der Waals surface area contributed by atoms with Gasteiger partial charge in [0, 0.05) is 12.1 Å². The first-order valence-corrected chi connectivity index (χ1v) is 5.36. The number of nitrogen functional groups attached to an aromatic ring is 1. The van der Waals surface area contributed by atoms with Crippen molar-refractivity contribution >= 4 is 11.4 Å². The van der Waals surface area contributed by atoms with Gasteiger partial charge in [-0.2, -0.15) is 13.2 Å². The minimum absolute atomic E-state index is 0.000159. The molecule has 102 valence electrons. The first-order chi connectivity index (χ1) is 8.33. The Bertz CT molecular complexity index is 407. The first kappa shape index (κ1) is 14.4. The number of benzene rings is 1. The van der Waals surface area contributed by atoms with Crippen LogP contribution in [0.2, 0.25) is 0 Å². The quantitative estimate of drug-likeness (QED) is 0.635. The molecular weight excluding hydrogens is 252 g/mol. The van der Waals surface area contributed by atoms with Crippen molar-refractivity contribution in [2.75, 3.05) is 24.2 Å². The maximum absolute atomic E-state index is 13.4. The van der Waals surface area contributed by atoms with Crippen LogP contribution in [0.25, 0.3) is 0 Å². The van der Waals surface area contributed by atoms with Gasteiger partial charge in [-0.25, -0.2) is 4.39 Å². The van der Waals surface area contributed by atoms with E-state index >= 15 is 0 Å². The van der Waals surface area contributed by atoms with Crippen molar-refractivity contribution in [3.63, 3.8) is 0 Å². The van der Waals surface area contributed by atoms with Crippen LogP contribution in [0, 0.1) is 5.82 Å². The molecule has 7 heteroatoms. The summed E-state index contributed by atoms with van der Waals surface area (Å²) in [5.74, 6) is -0.811. The molecule has 0 saturated heterocycles. The van der Waals surface area contributed by atoms with Gasteiger partial charge in [0.25, 0.3) is 0 Å². The van der Waals surface area contributed by atoms with Gasteiger partial charge in [-0.1, -0.05) is 6.92 Å². The van der Waals surface area contributed by atoms with Gasteiger partial charge >= 0.3 is 6.18 Å². The van der Waals surface area contributed by atoms with E-state index in [1.165, 1.54) is 0 Å². The molecule has 1 aromatic carbocycles. The second-order valence-corrected chi connectivity index (χ2v) is 3.69. The molecule has 0 aliphatic carbocycles. The van der Waals surface area contributed by atoms with E-state index in [1.54, 1.807) is 0 Å². The van der Waals surface area contributed by atoms with Gasteiger partial charge in [-0.05, 0) is 6.42 Å². The van der Waals surface area contributed by atoms with Crippen molar-refractivity contribution in [1.82, 2.24) is 0 Å². The number of hydrogen-bond donors (Lipinski definition) is 2. The summed E-state index contributed by atoms with van der Waals surface area (Å²) in [7, 11) is 0. The number of rotatable bonds is 5. The highest BCUT2D eigenvalue weighted by atomic mass is 19.4. The average Bonchev–Trinajstić information content (AvgIpc) is 2.25. The maximum atomic E-state index is 13.4. The van der Waals surface area contributed by atoms with Crippen LogP contribution in [0.4, 0.5) is 28.9 Å². The zero-order valence-electron chi connectivity index (χ0n) is 9.77. The molecule has 0 aliphatic heterocycles. The van der Waals surface area contributed by atoms with Crippen molar-refractivity contribution in [2.24, 2.45) is 0 Å². The zero-order chi connectivity index (χ0) is 13.8. The van der Waals surface area contributed by atoms with E-state index in [2.05, 4.69) is 5.32 Å². The second-order valence-electron chi connectivity index (χ2n) is 3.69. The highest BCUT2D eigenvalue weighted by molar-refractivity contribution is 5.68. The monoisotopic (exact) mass is 266 g/mol. The second kappa shape index (κ2) is 5.79. The SMILES string of the molecule is CCCOc1cc(NCC(F)(F)F)c(N)cc1F. The summed E-state index contributed by atoms with van der Waals surface area (Å²) in [6, 6.07) is 2.07. The molecule has 3 nitrogen and oxygen atoms in total. The lowest BCUT2D eigenvalue weighted by Crippen LogP contribution is -2.21. The molecule has 0 saturated carbocycles. The molecule has 0 radical (unpaired) electrons. The van der Waals surface area contributed by atoms with E-state index in [-0.39, 0.29) is 23.7 Å². The Morgan fingerprint density at radius 1 is 1.33 bits per heavy atom. The van der Waals surface area contributed by atoms with Crippen LogP contribution in [0.15, 0.2) is 12.1 Å². The van der Waals surface area contributed by atoms with Gasteiger partial charge < -0.3 is 15.8 Å².